The average Bonchev–Trinajstić information content (AvgIpc) is 2.38. The van der Waals surface area contributed by atoms with E-state index in [1.54, 1.807) is 6.92 Å². The zero-order valence-corrected chi connectivity index (χ0v) is 12.1. The van der Waals surface area contributed by atoms with Gasteiger partial charge in [0.15, 0.2) is 0 Å². The van der Waals surface area contributed by atoms with Crippen molar-refractivity contribution in [3.05, 3.63) is 29.8 Å². The van der Waals surface area contributed by atoms with Crippen molar-refractivity contribution in [2.45, 2.75) is 30.0 Å². The molecule has 0 aliphatic carbocycles. The molecule has 0 saturated heterocycles. The largest absolute Gasteiger partial charge is 0.341 e. The van der Waals surface area contributed by atoms with E-state index in [0.717, 1.165) is 10.5 Å². The Hall–Kier alpha value is -1.53. The average molecular weight is 281 g/mol. The third kappa shape index (κ3) is 4.92. The Morgan fingerprint density at radius 3 is 2.26 bits per heavy atom. The summed E-state index contributed by atoms with van der Waals surface area (Å²) in [6, 6.07) is 7.23. The number of imide groups is 1. The molecule has 2 unspecified atom stereocenters. The van der Waals surface area contributed by atoms with E-state index < -0.39 is 6.03 Å². The molecule has 0 spiro atoms. The second-order valence-corrected chi connectivity index (χ2v) is 5.60. The summed E-state index contributed by atoms with van der Waals surface area (Å²) >= 11 is 1.39. The van der Waals surface area contributed by atoms with E-state index >= 15 is 0 Å². The van der Waals surface area contributed by atoms with Crippen LogP contribution >= 0.6 is 11.8 Å². The minimum atomic E-state index is -0.496. The molecule has 5 nitrogen and oxygen atoms in total. The highest BCUT2D eigenvalue weighted by Crippen LogP contribution is 2.24. The first kappa shape index (κ1) is 15.5. The van der Waals surface area contributed by atoms with Gasteiger partial charge in [0.1, 0.15) is 0 Å². The van der Waals surface area contributed by atoms with Gasteiger partial charge in [-0.2, -0.15) is 0 Å². The molecule has 0 saturated carbocycles. The summed E-state index contributed by atoms with van der Waals surface area (Å²) in [6.07, 6.45) is 0. The lowest BCUT2D eigenvalue weighted by molar-refractivity contribution is -0.119. The highest BCUT2D eigenvalue weighted by molar-refractivity contribution is 8.00. The van der Waals surface area contributed by atoms with Crippen LogP contribution < -0.4 is 16.4 Å². The number of hydrogen-bond acceptors (Lipinski definition) is 4. The van der Waals surface area contributed by atoms with Gasteiger partial charge >= 0.3 is 6.03 Å². The first-order valence-electron chi connectivity index (χ1n) is 5.98. The molecule has 0 aliphatic heterocycles. The number of benzene rings is 1. The summed E-state index contributed by atoms with van der Waals surface area (Å²) in [4.78, 5) is 23.7. The van der Waals surface area contributed by atoms with Gasteiger partial charge < -0.3 is 11.1 Å². The second kappa shape index (κ2) is 7.16. The monoisotopic (exact) mass is 281 g/mol. The van der Waals surface area contributed by atoms with Gasteiger partial charge in [-0.1, -0.05) is 12.1 Å². The van der Waals surface area contributed by atoms with E-state index in [9.17, 15) is 9.59 Å². The molecule has 1 aromatic carbocycles. The van der Waals surface area contributed by atoms with E-state index in [1.807, 2.05) is 31.2 Å². The van der Waals surface area contributed by atoms with Crippen molar-refractivity contribution in [2.75, 3.05) is 7.05 Å². The van der Waals surface area contributed by atoms with Gasteiger partial charge in [0, 0.05) is 18.0 Å². The van der Waals surface area contributed by atoms with Crippen LogP contribution in [0.3, 0.4) is 0 Å². The SMILES string of the molecule is CNC(=O)NC(=O)C(C)Sc1ccc(C(C)N)cc1. The van der Waals surface area contributed by atoms with Gasteiger partial charge in [-0.3, -0.25) is 10.1 Å². The molecule has 3 amide bonds. The molecular formula is C13H19N3O2S. The fourth-order valence-electron chi connectivity index (χ4n) is 1.38. The molecule has 0 aliphatic rings. The lowest BCUT2D eigenvalue weighted by Gasteiger charge is -2.12. The molecule has 2 atom stereocenters. The second-order valence-electron chi connectivity index (χ2n) is 4.19. The highest BCUT2D eigenvalue weighted by atomic mass is 32.2. The molecule has 1 aromatic rings. The number of carbonyl (C=O) groups excluding carboxylic acids is 2. The zero-order chi connectivity index (χ0) is 14.4. The van der Waals surface area contributed by atoms with Crippen LogP contribution in [-0.4, -0.2) is 24.2 Å². The zero-order valence-electron chi connectivity index (χ0n) is 11.3. The molecule has 0 fully saturated rings. The molecule has 6 heteroatoms. The van der Waals surface area contributed by atoms with Crippen molar-refractivity contribution < 1.29 is 9.59 Å². The molecular weight excluding hydrogens is 262 g/mol. The van der Waals surface area contributed by atoms with Crippen LogP contribution in [0.5, 0.6) is 0 Å². The third-order valence-electron chi connectivity index (χ3n) is 2.55. The maximum absolute atomic E-state index is 11.7. The van der Waals surface area contributed by atoms with E-state index in [4.69, 9.17) is 5.73 Å². The van der Waals surface area contributed by atoms with E-state index in [0.29, 0.717) is 0 Å². The van der Waals surface area contributed by atoms with E-state index in [2.05, 4.69) is 10.6 Å². The van der Waals surface area contributed by atoms with Crippen LogP contribution in [-0.2, 0) is 4.79 Å². The first-order chi connectivity index (χ1) is 8.93. The molecule has 19 heavy (non-hydrogen) atoms. The quantitative estimate of drug-likeness (QED) is 0.733. The lowest BCUT2D eigenvalue weighted by atomic mass is 10.1. The number of hydrogen-bond donors (Lipinski definition) is 3. The van der Waals surface area contributed by atoms with Crippen molar-refractivity contribution in [3.8, 4) is 0 Å². The Bertz CT molecular complexity index is 446. The predicted molar refractivity (Wildman–Crippen MR) is 77.0 cm³/mol. The normalized spacial score (nSPS) is 13.5. The topological polar surface area (TPSA) is 84.2 Å². The Balaban J connectivity index is 2.58. The molecule has 104 valence electrons. The minimum Gasteiger partial charge on any atom is -0.341 e. The molecule has 0 aromatic heterocycles. The van der Waals surface area contributed by atoms with E-state index in [-0.39, 0.29) is 17.2 Å². The third-order valence-corrected chi connectivity index (χ3v) is 3.66. The van der Waals surface area contributed by atoms with Crippen molar-refractivity contribution in [1.29, 1.82) is 0 Å². The van der Waals surface area contributed by atoms with Crippen LogP contribution in [0.25, 0.3) is 0 Å². The molecule has 0 radical (unpaired) electrons. The van der Waals surface area contributed by atoms with Crippen molar-refractivity contribution >= 4 is 23.7 Å². The number of thioether (sulfide) groups is 1. The van der Waals surface area contributed by atoms with Gasteiger partial charge in [-0.15, -0.1) is 11.8 Å². The number of nitrogens with two attached hydrogens (primary N) is 1. The van der Waals surface area contributed by atoms with Crippen molar-refractivity contribution in [1.82, 2.24) is 10.6 Å². The van der Waals surface area contributed by atoms with Crippen molar-refractivity contribution in [3.63, 3.8) is 0 Å². The van der Waals surface area contributed by atoms with E-state index in [1.165, 1.54) is 18.8 Å². The van der Waals surface area contributed by atoms with Gasteiger partial charge in [-0.25, -0.2) is 4.79 Å². The van der Waals surface area contributed by atoms with Crippen LogP contribution in [0.15, 0.2) is 29.2 Å². The molecule has 0 bridgehead atoms. The minimum absolute atomic E-state index is 0.00646. The summed E-state index contributed by atoms with van der Waals surface area (Å²) in [5, 5.41) is 4.24. The van der Waals surface area contributed by atoms with Crippen LogP contribution in [0, 0.1) is 0 Å². The molecule has 1 rings (SSSR count). The Morgan fingerprint density at radius 1 is 1.21 bits per heavy atom. The van der Waals surface area contributed by atoms with Gasteiger partial charge in [0.2, 0.25) is 5.91 Å². The Morgan fingerprint density at radius 2 is 1.79 bits per heavy atom. The van der Waals surface area contributed by atoms with Crippen LogP contribution in [0.1, 0.15) is 25.5 Å². The summed E-state index contributed by atoms with van der Waals surface area (Å²) in [5.74, 6) is -0.319. The summed E-state index contributed by atoms with van der Waals surface area (Å²) in [5.41, 5.74) is 6.82. The number of amides is 3. The predicted octanol–water partition coefficient (Wildman–Crippen LogP) is 1.64. The number of nitrogens with one attached hydrogen (secondary N) is 2. The number of carbonyl (C=O) groups is 2. The maximum Gasteiger partial charge on any atom is 0.321 e. The summed E-state index contributed by atoms with van der Waals surface area (Å²) in [6.45, 7) is 3.67. The fraction of sp³-hybridized carbons (Fsp3) is 0.385. The Kier molecular flexibility index (Phi) is 5.85. The van der Waals surface area contributed by atoms with Gasteiger partial charge in [-0.05, 0) is 31.5 Å². The summed E-state index contributed by atoms with van der Waals surface area (Å²) < 4.78 is 0. The number of urea groups is 1. The van der Waals surface area contributed by atoms with Crippen LogP contribution in [0.4, 0.5) is 4.79 Å². The lowest BCUT2D eigenvalue weighted by Crippen LogP contribution is -2.41. The van der Waals surface area contributed by atoms with Crippen LogP contribution in [0.2, 0.25) is 0 Å². The Labute approximate surface area is 117 Å². The van der Waals surface area contributed by atoms with Crippen molar-refractivity contribution in [2.24, 2.45) is 5.73 Å². The summed E-state index contributed by atoms with van der Waals surface area (Å²) in [7, 11) is 1.47. The first-order valence-corrected chi connectivity index (χ1v) is 6.86. The van der Waals surface area contributed by atoms with Gasteiger partial charge in [0.05, 0.1) is 5.25 Å². The maximum atomic E-state index is 11.7. The smallest absolute Gasteiger partial charge is 0.321 e. The number of rotatable bonds is 4. The molecule has 0 heterocycles. The standard InChI is InChI=1S/C13H19N3O2S/c1-8(14)10-4-6-11(7-5-10)19-9(2)12(17)16-13(18)15-3/h4-9H,14H2,1-3H3,(H2,15,16,17,18). The van der Waals surface area contributed by atoms with Gasteiger partial charge in [0.25, 0.3) is 0 Å². The fourth-order valence-corrected chi connectivity index (χ4v) is 2.25. The molecule has 4 N–H and O–H groups in total. The highest BCUT2D eigenvalue weighted by Gasteiger charge is 2.16.